The Balaban J connectivity index is 2.14. The van der Waals surface area contributed by atoms with Crippen LogP contribution in [0.15, 0.2) is 22.7 Å². The molecule has 1 atom stereocenters. The molecule has 3 heteroatoms. The maximum atomic E-state index is 6.12. The van der Waals surface area contributed by atoms with E-state index in [2.05, 4.69) is 15.9 Å². The molecule has 0 amide bonds. The van der Waals surface area contributed by atoms with Crippen molar-refractivity contribution in [3.8, 4) is 5.75 Å². The van der Waals surface area contributed by atoms with Crippen molar-refractivity contribution >= 4 is 15.9 Å². The van der Waals surface area contributed by atoms with Gasteiger partial charge in [0.05, 0.1) is 6.10 Å². The zero-order valence-corrected chi connectivity index (χ0v) is 11.9. The summed E-state index contributed by atoms with van der Waals surface area (Å²) in [6.07, 6.45) is 6.63. The number of nitrogens with two attached hydrogens (primary N) is 1. The Hall–Kier alpha value is -0.540. The molecule has 0 bridgehead atoms. The van der Waals surface area contributed by atoms with Gasteiger partial charge < -0.3 is 10.5 Å². The van der Waals surface area contributed by atoms with Crippen LogP contribution >= 0.6 is 15.9 Å². The molecule has 1 aliphatic rings. The van der Waals surface area contributed by atoms with Crippen molar-refractivity contribution in [3.05, 3.63) is 28.2 Å². The van der Waals surface area contributed by atoms with Crippen LogP contribution in [0.2, 0.25) is 0 Å². The smallest absolute Gasteiger partial charge is 0.125 e. The molecule has 1 aliphatic carbocycles. The Labute approximate surface area is 112 Å². The molecule has 17 heavy (non-hydrogen) atoms. The van der Waals surface area contributed by atoms with Gasteiger partial charge in [-0.15, -0.1) is 0 Å². The molecule has 0 radical (unpaired) electrons. The number of hydrogen-bond donors (Lipinski definition) is 1. The fourth-order valence-corrected chi connectivity index (χ4v) is 2.69. The van der Waals surface area contributed by atoms with Crippen molar-refractivity contribution in [1.82, 2.24) is 0 Å². The van der Waals surface area contributed by atoms with E-state index in [1.807, 2.05) is 25.1 Å². The molecule has 0 saturated heterocycles. The van der Waals surface area contributed by atoms with Gasteiger partial charge in [-0.25, -0.2) is 0 Å². The maximum Gasteiger partial charge on any atom is 0.125 e. The van der Waals surface area contributed by atoms with E-state index in [1.165, 1.54) is 32.1 Å². The van der Waals surface area contributed by atoms with E-state index in [4.69, 9.17) is 10.5 Å². The van der Waals surface area contributed by atoms with Crippen LogP contribution in [-0.2, 0) is 0 Å². The van der Waals surface area contributed by atoms with Crippen molar-refractivity contribution in [2.24, 2.45) is 5.73 Å². The zero-order chi connectivity index (χ0) is 12.3. The van der Waals surface area contributed by atoms with E-state index in [-0.39, 0.29) is 6.04 Å². The van der Waals surface area contributed by atoms with E-state index in [1.54, 1.807) is 0 Å². The van der Waals surface area contributed by atoms with Crippen LogP contribution in [0.3, 0.4) is 0 Å². The van der Waals surface area contributed by atoms with E-state index < -0.39 is 0 Å². The molecule has 1 saturated carbocycles. The highest BCUT2D eigenvalue weighted by Crippen LogP contribution is 2.31. The number of halogens is 1. The van der Waals surface area contributed by atoms with Gasteiger partial charge in [0.2, 0.25) is 0 Å². The second-order valence-electron chi connectivity index (χ2n) is 4.85. The Morgan fingerprint density at radius 2 is 2.00 bits per heavy atom. The fraction of sp³-hybridized carbons (Fsp3) is 0.571. The Morgan fingerprint density at radius 3 is 2.65 bits per heavy atom. The predicted molar refractivity (Wildman–Crippen MR) is 74.2 cm³/mol. The van der Waals surface area contributed by atoms with Crippen molar-refractivity contribution < 1.29 is 4.74 Å². The van der Waals surface area contributed by atoms with Gasteiger partial charge in [-0.2, -0.15) is 0 Å². The third-order valence-corrected chi connectivity index (χ3v) is 3.81. The molecule has 2 nitrogen and oxygen atoms in total. The second kappa shape index (κ2) is 5.87. The topological polar surface area (TPSA) is 35.2 Å². The van der Waals surface area contributed by atoms with Crippen molar-refractivity contribution in [3.63, 3.8) is 0 Å². The minimum atomic E-state index is 0.0155. The van der Waals surface area contributed by atoms with E-state index >= 15 is 0 Å². The van der Waals surface area contributed by atoms with Gasteiger partial charge >= 0.3 is 0 Å². The van der Waals surface area contributed by atoms with E-state index in [0.717, 1.165) is 15.8 Å². The standard InChI is InChI=1S/C14H20BrNO/c1-10(16)13-8-7-11(15)9-14(13)17-12-5-3-2-4-6-12/h7-10,12H,2-6,16H2,1H3/t10-/m0/s1. The van der Waals surface area contributed by atoms with E-state index in [0.29, 0.717) is 6.10 Å². The highest BCUT2D eigenvalue weighted by atomic mass is 79.9. The number of ether oxygens (including phenoxy) is 1. The highest BCUT2D eigenvalue weighted by Gasteiger charge is 2.17. The van der Waals surface area contributed by atoms with Gasteiger partial charge in [-0.1, -0.05) is 28.4 Å². The summed E-state index contributed by atoms with van der Waals surface area (Å²) in [4.78, 5) is 0. The monoisotopic (exact) mass is 297 g/mol. The average molecular weight is 298 g/mol. The van der Waals surface area contributed by atoms with Crippen molar-refractivity contribution in [2.45, 2.75) is 51.2 Å². The molecule has 1 aromatic carbocycles. The van der Waals surface area contributed by atoms with E-state index in [9.17, 15) is 0 Å². The van der Waals surface area contributed by atoms with Crippen LogP contribution < -0.4 is 10.5 Å². The second-order valence-corrected chi connectivity index (χ2v) is 5.76. The molecule has 0 aromatic heterocycles. The summed E-state index contributed by atoms with van der Waals surface area (Å²) in [6.45, 7) is 2.00. The molecule has 1 fully saturated rings. The van der Waals surface area contributed by atoms with Crippen LogP contribution in [0.5, 0.6) is 5.75 Å². The minimum Gasteiger partial charge on any atom is -0.490 e. The summed E-state index contributed by atoms with van der Waals surface area (Å²) in [7, 11) is 0. The first-order chi connectivity index (χ1) is 8.16. The largest absolute Gasteiger partial charge is 0.490 e. The average Bonchev–Trinajstić information content (AvgIpc) is 2.30. The lowest BCUT2D eigenvalue weighted by Crippen LogP contribution is -2.21. The first-order valence-electron chi connectivity index (χ1n) is 6.38. The molecule has 2 rings (SSSR count). The molecule has 0 aliphatic heterocycles. The highest BCUT2D eigenvalue weighted by molar-refractivity contribution is 9.10. The lowest BCUT2D eigenvalue weighted by molar-refractivity contribution is 0.153. The van der Waals surface area contributed by atoms with Gasteiger partial charge in [0, 0.05) is 16.1 Å². The quantitative estimate of drug-likeness (QED) is 0.908. The van der Waals surface area contributed by atoms with Gasteiger partial charge in [0.25, 0.3) is 0 Å². The third kappa shape index (κ3) is 3.46. The van der Waals surface area contributed by atoms with Gasteiger partial charge in [0.15, 0.2) is 0 Å². The van der Waals surface area contributed by atoms with Crippen LogP contribution in [-0.4, -0.2) is 6.10 Å². The maximum absolute atomic E-state index is 6.12. The first-order valence-corrected chi connectivity index (χ1v) is 7.18. The molecule has 2 N–H and O–H groups in total. The third-order valence-electron chi connectivity index (χ3n) is 3.31. The molecule has 0 unspecified atom stereocenters. The molecule has 0 spiro atoms. The minimum absolute atomic E-state index is 0.0155. The van der Waals surface area contributed by atoms with Crippen LogP contribution in [0, 0.1) is 0 Å². The SMILES string of the molecule is C[C@H](N)c1ccc(Br)cc1OC1CCCCC1. The summed E-state index contributed by atoms with van der Waals surface area (Å²) >= 11 is 3.49. The molecule has 1 aromatic rings. The van der Waals surface area contributed by atoms with Crippen molar-refractivity contribution in [1.29, 1.82) is 0 Å². The van der Waals surface area contributed by atoms with Gasteiger partial charge in [0.1, 0.15) is 5.75 Å². The molecular weight excluding hydrogens is 278 g/mol. The number of benzene rings is 1. The number of rotatable bonds is 3. The van der Waals surface area contributed by atoms with Crippen LogP contribution in [0.4, 0.5) is 0 Å². The molecule has 94 valence electrons. The summed E-state index contributed by atoms with van der Waals surface area (Å²) in [5.74, 6) is 0.946. The normalized spacial score (nSPS) is 19.0. The lowest BCUT2D eigenvalue weighted by Gasteiger charge is -2.25. The van der Waals surface area contributed by atoms with Gasteiger partial charge in [-0.3, -0.25) is 0 Å². The Bertz CT molecular complexity index is 372. The first kappa shape index (κ1) is 12.9. The summed E-state index contributed by atoms with van der Waals surface area (Å²) < 4.78 is 7.17. The Kier molecular flexibility index (Phi) is 4.46. The summed E-state index contributed by atoms with van der Waals surface area (Å²) in [5.41, 5.74) is 7.07. The molecule has 0 heterocycles. The van der Waals surface area contributed by atoms with Gasteiger partial charge in [-0.05, 0) is 44.7 Å². The summed E-state index contributed by atoms with van der Waals surface area (Å²) in [6, 6.07) is 6.12. The van der Waals surface area contributed by atoms with Crippen LogP contribution in [0.1, 0.15) is 50.6 Å². The van der Waals surface area contributed by atoms with Crippen molar-refractivity contribution in [2.75, 3.05) is 0 Å². The predicted octanol–water partition coefficient (Wildman–Crippen LogP) is 4.18. The summed E-state index contributed by atoms with van der Waals surface area (Å²) in [5, 5.41) is 0. The zero-order valence-electron chi connectivity index (χ0n) is 10.3. The fourth-order valence-electron chi connectivity index (χ4n) is 2.35. The van der Waals surface area contributed by atoms with Crippen LogP contribution in [0.25, 0.3) is 0 Å². The lowest BCUT2D eigenvalue weighted by atomic mass is 9.97. The number of hydrogen-bond acceptors (Lipinski definition) is 2. The Morgan fingerprint density at radius 1 is 1.29 bits per heavy atom. The molecular formula is C14H20BrNO.